The molecule has 0 N–H and O–H groups in total. The summed E-state index contributed by atoms with van der Waals surface area (Å²) in [5.41, 5.74) is 0. The Balaban J connectivity index is 3.84. The molecule has 0 radical (unpaired) electrons. The molecule has 2 heteroatoms. The normalized spacial score (nSPS) is 11.8. The molecule has 0 spiro atoms. The third kappa shape index (κ3) is 8.62. The summed E-state index contributed by atoms with van der Waals surface area (Å²) in [6.45, 7) is 14.9. The van der Waals surface area contributed by atoms with Gasteiger partial charge >= 0.3 is 0 Å². The van der Waals surface area contributed by atoms with Crippen LogP contribution in [-0.4, -0.2) is 13.5 Å². The van der Waals surface area contributed by atoms with Crippen molar-refractivity contribution >= 4 is 6.92 Å². The molecule has 1 nitrogen and oxygen atoms in total. The molecule has 0 aliphatic heterocycles. The van der Waals surface area contributed by atoms with Crippen molar-refractivity contribution in [1.82, 2.24) is 0 Å². The first-order chi connectivity index (χ1) is 6.41. The fraction of sp³-hybridized carbons (Fsp3) is 1.00. The van der Waals surface area contributed by atoms with Crippen LogP contribution in [-0.2, 0) is 4.65 Å². The molecule has 0 amide bonds. The molecule has 0 fully saturated rings. The van der Waals surface area contributed by atoms with E-state index >= 15 is 0 Å². The average molecular weight is 198 g/mol. The average Bonchev–Trinajstić information content (AvgIpc) is 1.97. The highest BCUT2D eigenvalue weighted by molar-refractivity contribution is 6.51. The maximum absolute atomic E-state index is 5.93. The molecule has 84 valence electrons. The van der Waals surface area contributed by atoms with E-state index in [1.54, 1.807) is 0 Å². The van der Waals surface area contributed by atoms with Gasteiger partial charge in [0.2, 0.25) is 0 Å². The van der Waals surface area contributed by atoms with Gasteiger partial charge in [0, 0.05) is 6.61 Å². The number of hydrogen-bond donors (Lipinski definition) is 0. The molecule has 0 atom stereocenters. The second kappa shape index (κ2) is 7.33. The van der Waals surface area contributed by atoms with Crippen molar-refractivity contribution in [2.45, 2.75) is 54.2 Å². The van der Waals surface area contributed by atoms with Crippen LogP contribution in [0.2, 0.25) is 12.6 Å². The minimum atomic E-state index is 0.470. The lowest BCUT2D eigenvalue weighted by Gasteiger charge is -2.19. The van der Waals surface area contributed by atoms with Crippen LogP contribution in [0.3, 0.4) is 0 Å². The van der Waals surface area contributed by atoms with Gasteiger partial charge in [-0.1, -0.05) is 53.4 Å². The lowest BCUT2D eigenvalue weighted by atomic mass is 9.56. The monoisotopic (exact) mass is 198 g/mol. The van der Waals surface area contributed by atoms with E-state index in [1.807, 2.05) is 0 Å². The Bertz CT molecular complexity index is 122. The van der Waals surface area contributed by atoms with Crippen LogP contribution < -0.4 is 0 Å². The smallest absolute Gasteiger partial charge is 0.293 e. The molecule has 0 heterocycles. The zero-order valence-corrected chi connectivity index (χ0v) is 10.8. The van der Waals surface area contributed by atoms with Gasteiger partial charge in [-0.05, 0) is 18.6 Å². The first-order valence-corrected chi connectivity index (χ1v) is 6.03. The van der Waals surface area contributed by atoms with Gasteiger partial charge in [-0.3, -0.25) is 0 Å². The summed E-state index contributed by atoms with van der Waals surface area (Å²) in [7, 11) is 0. The zero-order valence-electron chi connectivity index (χ0n) is 10.8. The molecule has 0 rings (SSSR count). The van der Waals surface area contributed by atoms with Gasteiger partial charge in [0.15, 0.2) is 0 Å². The van der Waals surface area contributed by atoms with Crippen molar-refractivity contribution < 1.29 is 4.65 Å². The van der Waals surface area contributed by atoms with Gasteiger partial charge in [-0.15, -0.1) is 0 Å². The van der Waals surface area contributed by atoms with E-state index in [4.69, 9.17) is 4.65 Å². The van der Waals surface area contributed by atoms with Gasteiger partial charge in [0.05, 0.1) is 0 Å². The lowest BCUT2D eigenvalue weighted by molar-refractivity contribution is 0.265. The zero-order chi connectivity index (χ0) is 11.1. The molecular weight excluding hydrogens is 171 g/mol. The van der Waals surface area contributed by atoms with Crippen molar-refractivity contribution in [2.75, 3.05) is 6.61 Å². The molecule has 0 aromatic carbocycles. The predicted octanol–water partition coefficient (Wildman–Crippen LogP) is 3.96. The van der Waals surface area contributed by atoms with E-state index in [0.717, 1.165) is 18.4 Å². The third-order valence-electron chi connectivity index (χ3n) is 2.13. The minimum Gasteiger partial charge on any atom is -0.436 e. The summed E-state index contributed by atoms with van der Waals surface area (Å²) in [6, 6.07) is 0. The van der Waals surface area contributed by atoms with Crippen LogP contribution in [0.5, 0.6) is 0 Å². The summed E-state index contributed by atoms with van der Waals surface area (Å²) >= 11 is 0. The standard InChI is InChI=1S/C12H27BO/c1-10(2)7-13(8-11(3)4)14-9-12(5)6/h10-12H,7-9H2,1-6H3. The second-order valence-electron chi connectivity index (χ2n) is 5.61. The quantitative estimate of drug-likeness (QED) is 0.562. The molecule has 0 aromatic rings. The van der Waals surface area contributed by atoms with Crippen molar-refractivity contribution in [3.8, 4) is 0 Å². The Morgan fingerprint density at radius 3 is 1.50 bits per heavy atom. The van der Waals surface area contributed by atoms with Gasteiger partial charge in [-0.2, -0.15) is 0 Å². The first-order valence-electron chi connectivity index (χ1n) is 6.03. The highest BCUT2D eigenvalue weighted by atomic mass is 16.4. The Labute approximate surface area is 90.7 Å². The molecular formula is C12H27BO. The molecule has 0 aliphatic carbocycles. The van der Waals surface area contributed by atoms with E-state index in [1.165, 1.54) is 12.6 Å². The molecule has 0 bridgehead atoms. The molecule has 0 unspecified atom stereocenters. The summed E-state index contributed by atoms with van der Waals surface area (Å²) in [4.78, 5) is 0. The van der Waals surface area contributed by atoms with Crippen molar-refractivity contribution in [2.24, 2.45) is 17.8 Å². The fourth-order valence-corrected chi connectivity index (χ4v) is 1.61. The van der Waals surface area contributed by atoms with Crippen LogP contribution in [0.25, 0.3) is 0 Å². The Hall–Kier alpha value is 0.0249. The Morgan fingerprint density at radius 1 is 0.786 bits per heavy atom. The van der Waals surface area contributed by atoms with E-state index in [0.29, 0.717) is 12.8 Å². The van der Waals surface area contributed by atoms with Crippen LogP contribution in [0.4, 0.5) is 0 Å². The van der Waals surface area contributed by atoms with Gasteiger partial charge in [0.1, 0.15) is 0 Å². The van der Waals surface area contributed by atoms with Crippen LogP contribution in [0, 0.1) is 17.8 Å². The van der Waals surface area contributed by atoms with Gasteiger partial charge < -0.3 is 4.65 Å². The van der Waals surface area contributed by atoms with Crippen LogP contribution >= 0.6 is 0 Å². The largest absolute Gasteiger partial charge is 0.436 e. The Morgan fingerprint density at radius 2 is 1.21 bits per heavy atom. The SMILES string of the molecule is CC(C)COB(CC(C)C)CC(C)C. The highest BCUT2D eigenvalue weighted by Crippen LogP contribution is 2.16. The van der Waals surface area contributed by atoms with E-state index in [9.17, 15) is 0 Å². The van der Waals surface area contributed by atoms with Crippen molar-refractivity contribution in [3.63, 3.8) is 0 Å². The van der Waals surface area contributed by atoms with E-state index < -0.39 is 0 Å². The van der Waals surface area contributed by atoms with Crippen molar-refractivity contribution in [3.05, 3.63) is 0 Å². The summed E-state index contributed by atoms with van der Waals surface area (Å²) in [5.74, 6) is 2.13. The highest BCUT2D eigenvalue weighted by Gasteiger charge is 2.19. The Kier molecular flexibility index (Phi) is 7.35. The summed E-state index contributed by atoms with van der Waals surface area (Å²) in [6.07, 6.45) is 2.40. The topological polar surface area (TPSA) is 9.23 Å². The molecule has 0 aliphatic rings. The first kappa shape index (κ1) is 14.0. The van der Waals surface area contributed by atoms with Gasteiger partial charge in [-0.25, -0.2) is 0 Å². The maximum Gasteiger partial charge on any atom is 0.293 e. The molecule has 0 saturated carbocycles. The molecule has 0 aromatic heterocycles. The minimum absolute atomic E-state index is 0.470. The predicted molar refractivity (Wildman–Crippen MR) is 65.8 cm³/mol. The summed E-state index contributed by atoms with van der Waals surface area (Å²) in [5, 5.41) is 0. The van der Waals surface area contributed by atoms with E-state index in [2.05, 4.69) is 41.5 Å². The summed E-state index contributed by atoms with van der Waals surface area (Å²) < 4.78 is 5.93. The second-order valence-corrected chi connectivity index (χ2v) is 5.61. The lowest BCUT2D eigenvalue weighted by Crippen LogP contribution is -2.24. The van der Waals surface area contributed by atoms with E-state index in [-0.39, 0.29) is 0 Å². The maximum atomic E-state index is 5.93. The molecule has 14 heavy (non-hydrogen) atoms. The fourth-order valence-electron chi connectivity index (χ4n) is 1.61. The number of hydrogen-bond acceptors (Lipinski definition) is 1. The van der Waals surface area contributed by atoms with Gasteiger partial charge in [0.25, 0.3) is 6.92 Å². The van der Waals surface area contributed by atoms with Crippen LogP contribution in [0.1, 0.15) is 41.5 Å². The van der Waals surface area contributed by atoms with Crippen molar-refractivity contribution in [1.29, 1.82) is 0 Å². The third-order valence-corrected chi connectivity index (χ3v) is 2.13. The van der Waals surface area contributed by atoms with Crippen LogP contribution in [0.15, 0.2) is 0 Å². The number of rotatable bonds is 7. The molecule has 0 saturated heterocycles.